The van der Waals surface area contributed by atoms with E-state index in [-0.39, 0.29) is 0 Å². The fraction of sp³-hybridized carbons (Fsp3) is 0.312. The fourth-order valence-corrected chi connectivity index (χ4v) is 2.08. The van der Waals surface area contributed by atoms with Crippen LogP contribution in [0.5, 0.6) is 5.75 Å². The van der Waals surface area contributed by atoms with Gasteiger partial charge in [-0.15, -0.1) is 0 Å². The van der Waals surface area contributed by atoms with Crippen LogP contribution >= 0.6 is 0 Å². The number of aromatic nitrogens is 1. The second-order valence-corrected chi connectivity index (χ2v) is 4.47. The first-order valence-electron chi connectivity index (χ1n) is 6.59. The first-order chi connectivity index (χ1) is 9.33. The monoisotopic (exact) mass is 256 g/mol. The Balaban J connectivity index is 1.99. The third kappa shape index (κ3) is 3.80. The van der Waals surface area contributed by atoms with Crippen LogP contribution in [0.3, 0.4) is 0 Å². The molecule has 0 saturated heterocycles. The zero-order chi connectivity index (χ0) is 13.5. The molecule has 0 fully saturated rings. The van der Waals surface area contributed by atoms with E-state index in [0.29, 0.717) is 6.04 Å². The number of methoxy groups -OCH3 is 1. The van der Waals surface area contributed by atoms with E-state index in [1.807, 2.05) is 36.7 Å². The van der Waals surface area contributed by atoms with Crippen molar-refractivity contribution in [2.45, 2.75) is 25.9 Å². The molecule has 1 unspecified atom stereocenters. The molecule has 100 valence electrons. The lowest BCUT2D eigenvalue weighted by Gasteiger charge is -2.17. The molecule has 3 nitrogen and oxygen atoms in total. The molecule has 0 aliphatic carbocycles. The van der Waals surface area contributed by atoms with Crippen molar-refractivity contribution in [1.29, 1.82) is 0 Å². The number of hydrogen-bond donors (Lipinski definition) is 1. The summed E-state index contributed by atoms with van der Waals surface area (Å²) in [7, 11) is 1.69. The van der Waals surface area contributed by atoms with E-state index in [1.165, 1.54) is 11.1 Å². The predicted octanol–water partition coefficient (Wildman–Crippen LogP) is 3.33. The molecular formula is C16H20N2O. The van der Waals surface area contributed by atoms with Crippen LogP contribution in [0.4, 0.5) is 0 Å². The molecule has 1 heterocycles. The Kier molecular flexibility index (Phi) is 4.93. The Morgan fingerprint density at radius 1 is 1.11 bits per heavy atom. The summed E-state index contributed by atoms with van der Waals surface area (Å²) >= 11 is 0. The molecule has 0 bridgehead atoms. The molecule has 19 heavy (non-hydrogen) atoms. The first-order valence-corrected chi connectivity index (χ1v) is 6.59. The molecule has 1 N–H and O–H groups in total. The van der Waals surface area contributed by atoms with Crippen LogP contribution in [0.25, 0.3) is 0 Å². The van der Waals surface area contributed by atoms with Crippen molar-refractivity contribution in [3.63, 3.8) is 0 Å². The van der Waals surface area contributed by atoms with E-state index < -0.39 is 0 Å². The summed E-state index contributed by atoms with van der Waals surface area (Å²) in [5, 5.41) is 3.57. The molecular weight excluding hydrogens is 236 g/mol. The van der Waals surface area contributed by atoms with E-state index >= 15 is 0 Å². The van der Waals surface area contributed by atoms with Gasteiger partial charge in [-0.1, -0.05) is 19.1 Å². The Bertz CT molecular complexity index is 482. The molecule has 3 heteroatoms. The zero-order valence-corrected chi connectivity index (χ0v) is 11.5. The summed E-state index contributed by atoms with van der Waals surface area (Å²) in [5.41, 5.74) is 2.54. The van der Waals surface area contributed by atoms with E-state index in [9.17, 15) is 0 Å². The van der Waals surface area contributed by atoms with Crippen LogP contribution in [0, 0.1) is 0 Å². The molecule has 0 amide bonds. The molecule has 0 aliphatic heterocycles. The molecule has 0 aliphatic rings. The van der Waals surface area contributed by atoms with E-state index in [2.05, 4.69) is 29.4 Å². The molecule has 2 aromatic rings. The summed E-state index contributed by atoms with van der Waals surface area (Å²) in [4.78, 5) is 4.03. The SMILES string of the molecule is CCC(NCc1ccncc1)c1ccc(OC)cc1. The predicted molar refractivity (Wildman–Crippen MR) is 77.1 cm³/mol. The van der Waals surface area contributed by atoms with Crippen molar-refractivity contribution in [2.24, 2.45) is 0 Å². The van der Waals surface area contributed by atoms with E-state index in [0.717, 1.165) is 18.7 Å². The minimum Gasteiger partial charge on any atom is -0.497 e. The fourth-order valence-electron chi connectivity index (χ4n) is 2.08. The average molecular weight is 256 g/mol. The summed E-state index contributed by atoms with van der Waals surface area (Å²) in [5.74, 6) is 0.896. The van der Waals surface area contributed by atoms with E-state index in [1.54, 1.807) is 7.11 Å². The molecule has 1 atom stereocenters. The summed E-state index contributed by atoms with van der Waals surface area (Å²) in [6.07, 6.45) is 4.70. The highest BCUT2D eigenvalue weighted by atomic mass is 16.5. The van der Waals surface area contributed by atoms with Crippen LogP contribution in [0.1, 0.15) is 30.5 Å². The van der Waals surface area contributed by atoms with Crippen molar-refractivity contribution in [3.05, 3.63) is 59.9 Å². The van der Waals surface area contributed by atoms with Gasteiger partial charge in [-0.05, 0) is 41.8 Å². The van der Waals surface area contributed by atoms with Crippen molar-refractivity contribution in [2.75, 3.05) is 7.11 Å². The highest BCUT2D eigenvalue weighted by Gasteiger charge is 2.08. The Hall–Kier alpha value is -1.87. The standard InChI is InChI=1S/C16H20N2O/c1-3-16(14-4-6-15(19-2)7-5-14)18-12-13-8-10-17-11-9-13/h4-11,16,18H,3,12H2,1-2H3. The number of hydrogen-bond acceptors (Lipinski definition) is 3. The van der Waals surface area contributed by atoms with Crippen molar-refractivity contribution >= 4 is 0 Å². The van der Waals surface area contributed by atoms with Crippen molar-refractivity contribution in [3.8, 4) is 5.75 Å². The van der Waals surface area contributed by atoms with Gasteiger partial charge in [-0.25, -0.2) is 0 Å². The number of nitrogens with one attached hydrogen (secondary N) is 1. The van der Waals surface area contributed by atoms with Crippen LogP contribution < -0.4 is 10.1 Å². The maximum atomic E-state index is 5.18. The minimum atomic E-state index is 0.360. The minimum absolute atomic E-state index is 0.360. The van der Waals surface area contributed by atoms with E-state index in [4.69, 9.17) is 4.74 Å². The van der Waals surface area contributed by atoms with Crippen molar-refractivity contribution in [1.82, 2.24) is 10.3 Å². The van der Waals surface area contributed by atoms with Gasteiger partial charge in [0.25, 0.3) is 0 Å². The number of rotatable bonds is 6. The quantitative estimate of drug-likeness (QED) is 0.860. The summed E-state index contributed by atoms with van der Waals surface area (Å²) in [6, 6.07) is 12.7. The Labute approximate surface area is 114 Å². The van der Waals surface area contributed by atoms with Crippen molar-refractivity contribution < 1.29 is 4.74 Å². The van der Waals surface area contributed by atoms with Gasteiger partial charge in [0, 0.05) is 25.0 Å². The molecule has 0 radical (unpaired) electrons. The Morgan fingerprint density at radius 3 is 2.37 bits per heavy atom. The number of nitrogens with zero attached hydrogens (tertiary/aromatic N) is 1. The normalized spacial score (nSPS) is 12.1. The molecule has 1 aromatic carbocycles. The Morgan fingerprint density at radius 2 is 1.79 bits per heavy atom. The smallest absolute Gasteiger partial charge is 0.118 e. The topological polar surface area (TPSA) is 34.2 Å². The second-order valence-electron chi connectivity index (χ2n) is 4.47. The van der Waals surface area contributed by atoms with Gasteiger partial charge in [0.15, 0.2) is 0 Å². The van der Waals surface area contributed by atoms with Gasteiger partial charge in [-0.2, -0.15) is 0 Å². The molecule has 2 rings (SSSR count). The lowest BCUT2D eigenvalue weighted by Crippen LogP contribution is -2.20. The zero-order valence-electron chi connectivity index (χ0n) is 11.5. The van der Waals surface area contributed by atoms with Crippen LogP contribution in [0.2, 0.25) is 0 Å². The summed E-state index contributed by atoms with van der Waals surface area (Å²) < 4.78 is 5.18. The highest BCUT2D eigenvalue weighted by molar-refractivity contribution is 5.29. The number of pyridine rings is 1. The number of ether oxygens (including phenoxy) is 1. The molecule has 0 saturated carbocycles. The van der Waals surface area contributed by atoms with Gasteiger partial charge in [0.05, 0.1) is 7.11 Å². The second kappa shape index (κ2) is 6.90. The van der Waals surface area contributed by atoms with Crippen LogP contribution in [-0.4, -0.2) is 12.1 Å². The molecule has 0 spiro atoms. The maximum Gasteiger partial charge on any atom is 0.118 e. The van der Waals surface area contributed by atoms with Crippen LogP contribution in [0.15, 0.2) is 48.8 Å². The van der Waals surface area contributed by atoms with Gasteiger partial charge in [0.2, 0.25) is 0 Å². The average Bonchev–Trinajstić information content (AvgIpc) is 2.49. The van der Waals surface area contributed by atoms with Gasteiger partial charge in [-0.3, -0.25) is 4.98 Å². The molecule has 1 aromatic heterocycles. The maximum absolute atomic E-state index is 5.18. The first kappa shape index (κ1) is 13.6. The lowest BCUT2D eigenvalue weighted by molar-refractivity contribution is 0.414. The van der Waals surface area contributed by atoms with Gasteiger partial charge >= 0.3 is 0 Å². The third-order valence-electron chi connectivity index (χ3n) is 3.23. The van der Waals surface area contributed by atoms with Crippen LogP contribution in [-0.2, 0) is 6.54 Å². The summed E-state index contributed by atoms with van der Waals surface area (Å²) in [6.45, 7) is 3.04. The van der Waals surface area contributed by atoms with Gasteiger partial charge < -0.3 is 10.1 Å². The highest BCUT2D eigenvalue weighted by Crippen LogP contribution is 2.20. The lowest BCUT2D eigenvalue weighted by atomic mass is 10.0. The number of benzene rings is 1. The largest absolute Gasteiger partial charge is 0.497 e. The van der Waals surface area contributed by atoms with Gasteiger partial charge in [0.1, 0.15) is 5.75 Å². The third-order valence-corrected chi connectivity index (χ3v) is 3.23.